The molecule has 2 heteroatoms. The van der Waals surface area contributed by atoms with Crippen LogP contribution in [0, 0.1) is 0 Å². The largest absolute Gasteiger partial charge is 0.346 e. The summed E-state index contributed by atoms with van der Waals surface area (Å²) in [5, 5.41) is 0. The topological polar surface area (TPSA) is 16.1 Å². The second-order valence-electron chi connectivity index (χ2n) is 3.66. The second-order valence-corrected chi connectivity index (χ2v) is 3.66. The van der Waals surface area contributed by atoms with Gasteiger partial charge in [-0.3, -0.25) is 4.98 Å². The standard InChI is InChI=1S/C12H12N2/c1-2-8-14-9-6-10-4-3-7-13-12(10)11(14)5-1/h2-5,7-8H,1,6,9H2. The molecule has 0 spiro atoms. The molecule has 0 saturated heterocycles. The molecule has 0 unspecified atom stereocenters. The third kappa shape index (κ3) is 1.07. The minimum Gasteiger partial charge on any atom is -0.346 e. The quantitative estimate of drug-likeness (QED) is 0.614. The molecular formula is C12H12N2. The molecule has 0 aliphatic carbocycles. The molecule has 3 rings (SSSR count). The van der Waals surface area contributed by atoms with Crippen LogP contribution in [-0.2, 0) is 6.42 Å². The van der Waals surface area contributed by atoms with E-state index in [1.165, 1.54) is 17.0 Å². The molecule has 2 aliphatic rings. The van der Waals surface area contributed by atoms with E-state index in [1.807, 2.05) is 12.3 Å². The molecule has 0 N–H and O–H groups in total. The zero-order chi connectivity index (χ0) is 9.38. The van der Waals surface area contributed by atoms with Gasteiger partial charge < -0.3 is 4.90 Å². The maximum Gasteiger partial charge on any atom is 0.0895 e. The average Bonchev–Trinajstić information content (AvgIpc) is 2.29. The van der Waals surface area contributed by atoms with Crippen LogP contribution in [0.4, 0.5) is 0 Å². The molecule has 3 heterocycles. The van der Waals surface area contributed by atoms with E-state index in [1.54, 1.807) is 0 Å². The molecule has 0 saturated carbocycles. The SMILES string of the molecule is C1=CN2CCc3cccnc3C2=CC1. The zero-order valence-electron chi connectivity index (χ0n) is 7.98. The predicted molar refractivity (Wildman–Crippen MR) is 56.4 cm³/mol. The average molecular weight is 184 g/mol. The van der Waals surface area contributed by atoms with Crippen molar-refractivity contribution in [3.8, 4) is 0 Å². The van der Waals surface area contributed by atoms with Crippen molar-refractivity contribution in [3.05, 3.63) is 47.9 Å². The van der Waals surface area contributed by atoms with Crippen LogP contribution in [0.5, 0.6) is 0 Å². The van der Waals surface area contributed by atoms with Gasteiger partial charge in [0.1, 0.15) is 0 Å². The van der Waals surface area contributed by atoms with Crippen molar-refractivity contribution in [2.75, 3.05) is 6.54 Å². The number of allylic oxidation sites excluding steroid dienone is 2. The Morgan fingerprint density at radius 3 is 3.36 bits per heavy atom. The number of rotatable bonds is 0. The molecule has 14 heavy (non-hydrogen) atoms. The lowest BCUT2D eigenvalue weighted by atomic mass is 10.0. The van der Waals surface area contributed by atoms with E-state index in [4.69, 9.17) is 0 Å². The van der Waals surface area contributed by atoms with Crippen LogP contribution in [0.15, 0.2) is 36.7 Å². The molecule has 1 aromatic rings. The van der Waals surface area contributed by atoms with Crippen LogP contribution in [0.2, 0.25) is 0 Å². The summed E-state index contributed by atoms with van der Waals surface area (Å²) in [6, 6.07) is 4.20. The van der Waals surface area contributed by atoms with Gasteiger partial charge >= 0.3 is 0 Å². The van der Waals surface area contributed by atoms with Gasteiger partial charge in [0.15, 0.2) is 0 Å². The lowest BCUT2D eigenvalue weighted by molar-refractivity contribution is 0.504. The Labute approximate surface area is 83.6 Å². The summed E-state index contributed by atoms with van der Waals surface area (Å²) in [5.41, 5.74) is 3.84. The smallest absolute Gasteiger partial charge is 0.0895 e. The van der Waals surface area contributed by atoms with E-state index in [9.17, 15) is 0 Å². The fourth-order valence-corrected chi connectivity index (χ4v) is 2.10. The van der Waals surface area contributed by atoms with Crippen LogP contribution >= 0.6 is 0 Å². The number of fused-ring (bicyclic) bond motifs is 3. The first-order valence-electron chi connectivity index (χ1n) is 5.03. The van der Waals surface area contributed by atoms with E-state index in [0.29, 0.717) is 0 Å². The van der Waals surface area contributed by atoms with E-state index in [-0.39, 0.29) is 0 Å². The monoisotopic (exact) mass is 184 g/mol. The van der Waals surface area contributed by atoms with Gasteiger partial charge in [-0.2, -0.15) is 0 Å². The third-order valence-electron chi connectivity index (χ3n) is 2.80. The summed E-state index contributed by atoms with van der Waals surface area (Å²) < 4.78 is 0. The van der Waals surface area contributed by atoms with Gasteiger partial charge in [0.2, 0.25) is 0 Å². The molecule has 0 amide bonds. The van der Waals surface area contributed by atoms with Crippen LogP contribution < -0.4 is 0 Å². The minimum absolute atomic E-state index is 1.03. The van der Waals surface area contributed by atoms with E-state index < -0.39 is 0 Å². The van der Waals surface area contributed by atoms with Crippen molar-refractivity contribution >= 4 is 5.70 Å². The Morgan fingerprint density at radius 1 is 1.36 bits per heavy atom. The Kier molecular flexibility index (Phi) is 1.66. The Balaban J connectivity index is 2.13. The van der Waals surface area contributed by atoms with Crippen LogP contribution in [0.25, 0.3) is 5.70 Å². The number of hydrogen-bond donors (Lipinski definition) is 0. The first-order valence-corrected chi connectivity index (χ1v) is 5.03. The van der Waals surface area contributed by atoms with Gasteiger partial charge in [-0.05, 0) is 24.5 Å². The molecular weight excluding hydrogens is 172 g/mol. The summed E-state index contributed by atoms with van der Waals surface area (Å²) in [6.07, 6.45) is 10.6. The first-order chi connectivity index (χ1) is 6.95. The molecule has 0 atom stereocenters. The van der Waals surface area contributed by atoms with Gasteiger partial charge in [0, 0.05) is 18.9 Å². The van der Waals surface area contributed by atoms with Gasteiger partial charge in [-0.25, -0.2) is 0 Å². The molecule has 70 valence electrons. The van der Waals surface area contributed by atoms with Gasteiger partial charge in [0.25, 0.3) is 0 Å². The molecule has 2 nitrogen and oxygen atoms in total. The summed E-state index contributed by atoms with van der Waals surface area (Å²) in [7, 11) is 0. The second kappa shape index (κ2) is 2.98. The Morgan fingerprint density at radius 2 is 2.36 bits per heavy atom. The molecule has 0 bridgehead atoms. The summed E-state index contributed by atoms with van der Waals surface area (Å²) in [4.78, 5) is 6.75. The van der Waals surface area contributed by atoms with Crippen molar-refractivity contribution < 1.29 is 0 Å². The Hall–Kier alpha value is -1.57. The van der Waals surface area contributed by atoms with E-state index in [0.717, 1.165) is 19.4 Å². The fraction of sp³-hybridized carbons (Fsp3) is 0.250. The van der Waals surface area contributed by atoms with E-state index in [2.05, 4.69) is 34.3 Å². The zero-order valence-corrected chi connectivity index (χ0v) is 7.98. The van der Waals surface area contributed by atoms with E-state index >= 15 is 0 Å². The van der Waals surface area contributed by atoms with Crippen molar-refractivity contribution in [2.45, 2.75) is 12.8 Å². The van der Waals surface area contributed by atoms with Crippen molar-refractivity contribution in [3.63, 3.8) is 0 Å². The molecule has 2 aliphatic heterocycles. The molecule has 0 radical (unpaired) electrons. The number of pyridine rings is 1. The fourth-order valence-electron chi connectivity index (χ4n) is 2.10. The highest BCUT2D eigenvalue weighted by atomic mass is 15.1. The maximum atomic E-state index is 4.46. The lowest BCUT2D eigenvalue weighted by Crippen LogP contribution is -2.26. The van der Waals surface area contributed by atoms with Gasteiger partial charge in [-0.1, -0.05) is 18.2 Å². The highest BCUT2D eigenvalue weighted by molar-refractivity contribution is 5.67. The lowest BCUT2D eigenvalue weighted by Gasteiger charge is -2.31. The molecule has 0 aromatic carbocycles. The number of aromatic nitrogens is 1. The highest BCUT2D eigenvalue weighted by Gasteiger charge is 2.20. The van der Waals surface area contributed by atoms with Crippen LogP contribution in [0.3, 0.4) is 0 Å². The van der Waals surface area contributed by atoms with Crippen LogP contribution in [0.1, 0.15) is 17.7 Å². The number of nitrogens with zero attached hydrogens (tertiary/aromatic N) is 2. The van der Waals surface area contributed by atoms with Crippen LogP contribution in [-0.4, -0.2) is 16.4 Å². The van der Waals surface area contributed by atoms with Gasteiger partial charge in [0.05, 0.1) is 11.4 Å². The third-order valence-corrected chi connectivity index (χ3v) is 2.80. The number of hydrogen-bond acceptors (Lipinski definition) is 2. The Bertz CT molecular complexity index is 418. The van der Waals surface area contributed by atoms with Crippen molar-refractivity contribution in [2.24, 2.45) is 0 Å². The normalized spacial score (nSPS) is 18.6. The summed E-state index contributed by atoms with van der Waals surface area (Å²) >= 11 is 0. The first kappa shape index (κ1) is 7.80. The van der Waals surface area contributed by atoms with Gasteiger partial charge in [-0.15, -0.1) is 0 Å². The highest BCUT2D eigenvalue weighted by Crippen LogP contribution is 2.29. The van der Waals surface area contributed by atoms with Crippen molar-refractivity contribution in [1.82, 2.24) is 9.88 Å². The molecule has 1 aromatic heterocycles. The predicted octanol–water partition coefficient (Wildman–Crippen LogP) is 2.20. The summed E-state index contributed by atoms with van der Waals surface area (Å²) in [5.74, 6) is 0. The molecule has 0 fully saturated rings. The van der Waals surface area contributed by atoms with Crippen molar-refractivity contribution in [1.29, 1.82) is 0 Å². The maximum absolute atomic E-state index is 4.46. The summed E-state index contributed by atoms with van der Waals surface area (Å²) in [6.45, 7) is 1.08. The minimum atomic E-state index is 1.03.